The minimum absolute atomic E-state index is 1.15. The second-order valence-electron chi connectivity index (χ2n) is 3.15. The van der Waals surface area contributed by atoms with E-state index in [4.69, 9.17) is 0 Å². The number of hydrogen-bond acceptors (Lipinski definition) is 0. The van der Waals surface area contributed by atoms with E-state index in [-0.39, 0.29) is 0 Å². The van der Waals surface area contributed by atoms with E-state index in [0.29, 0.717) is 0 Å². The molecule has 0 aromatic heterocycles. The highest BCUT2D eigenvalue weighted by Gasteiger charge is 1.85. The third-order valence-electron chi connectivity index (χ3n) is 1.94. The van der Waals surface area contributed by atoms with Crippen LogP contribution in [0.5, 0.6) is 0 Å². The average molecular weight is 196 g/mol. The van der Waals surface area contributed by atoms with Crippen LogP contribution in [0, 0.1) is 0 Å². The highest BCUT2D eigenvalue weighted by Crippen LogP contribution is 2.06. The van der Waals surface area contributed by atoms with Crippen molar-refractivity contribution in [2.75, 3.05) is 0 Å². The number of rotatable bonds is 4. The summed E-state index contributed by atoms with van der Waals surface area (Å²) in [5.41, 5.74) is 2.35. The van der Waals surface area contributed by atoms with Crippen LogP contribution in [-0.2, 0) is 0 Å². The van der Waals surface area contributed by atoms with Gasteiger partial charge in [-0.3, -0.25) is 0 Å². The number of hydrogen-bond donors (Lipinski definition) is 0. The van der Waals surface area contributed by atoms with E-state index in [1.54, 1.807) is 6.08 Å². The topological polar surface area (TPSA) is 0 Å². The van der Waals surface area contributed by atoms with Crippen LogP contribution in [0.1, 0.15) is 12.5 Å². The number of benzene rings is 1. The van der Waals surface area contributed by atoms with Gasteiger partial charge in [0.2, 0.25) is 0 Å². The van der Waals surface area contributed by atoms with E-state index in [2.05, 4.69) is 36.9 Å². The minimum atomic E-state index is 1.15. The Kier molecular flexibility index (Phi) is 4.96. The molecule has 0 atom stereocenters. The Morgan fingerprint density at radius 3 is 2.47 bits per heavy atom. The summed E-state index contributed by atoms with van der Waals surface area (Å²) in [5, 5.41) is 0. The van der Waals surface area contributed by atoms with Crippen LogP contribution in [0.4, 0.5) is 0 Å². The Morgan fingerprint density at radius 1 is 1.13 bits per heavy atom. The summed E-state index contributed by atoms with van der Waals surface area (Å²) in [6, 6.07) is 10.2. The van der Waals surface area contributed by atoms with Gasteiger partial charge in [0.1, 0.15) is 0 Å². The normalized spacial score (nSPS) is 12.5. The van der Waals surface area contributed by atoms with Crippen molar-refractivity contribution in [3.05, 3.63) is 78.4 Å². The maximum Gasteiger partial charge on any atom is -0.0256 e. The monoisotopic (exact) mass is 196 g/mol. The molecule has 0 aliphatic heterocycles. The predicted octanol–water partition coefficient (Wildman–Crippen LogP) is 4.39. The predicted molar refractivity (Wildman–Crippen MR) is 68.6 cm³/mol. The van der Waals surface area contributed by atoms with Gasteiger partial charge in [0.05, 0.1) is 0 Å². The largest absolute Gasteiger partial charge is 0.0990 e. The molecule has 0 amide bonds. The average Bonchev–Trinajstić information content (AvgIpc) is 2.28. The van der Waals surface area contributed by atoms with Gasteiger partial charge in [-0.2, -0.15) is 0 Å². The Bertz CT molecular complexity index is 378. The first-order valence-corrected chi connectivity index (χ1v) is 5.05. The molecule has 15 heavy (non-hydrogen) atoms. The molecule has 1 rings (SSSR count). The summed E-state index contributed by atoms with van der Waals surface area (Å²) in [7, 11) is 0. The van der Waals surface area contributed by atoms with E-state index < -0.39 is 0 Å². The molecule has 0 saturated heterocycles. The zero-order valence-corrected chi connectivity index (χ0v) is 9.06. The van der Waals surface area contributed by atoms with Crippen LogP contribution < -0.4 is 0 Å². The molecule has 0 spiro atoms. The molecular weight excluding hydrogens is 180 g/mol. The molecule has 0 heterocycles. The van der Waals surface area contributed by atoms with E-state index in [0.717, 1.165) is 5.57 Å². The van der Waals surface area contributed by atoms with Crippen molar-refractivity contribution >= 4 is 6.08 Å². The summed E-state index contributed by atoms with van der Waals surface area (Å²) < 4.78 is 0. The first-order chi connectivity index (χ1) is 7.36. The third kappa shape index (κ3) is 4.28. The molecule has 0 unspecified atom stereocenters. The van der Waals surface area contributed by atoms with E-state index in [1.165, 1.54) is 5.56 Å². The van der Waals surface area contributed by atoms with Crippen molar-refractivity contribution in [2.45, 2.75) is 6.92 Å². The summed E-state index contributed by atoms with van der Waals surface area (Å²) in [5.74, 6) is 0. The maximum atomic E-state index is 3.69. The molecule has 0 radical (unpaired) electrons. The molecule has 76 valence electrons. The Morgan fingerprint density at radius 2 is 1.87 bits per heavy atom. The summed E-state index contributed by atoms with van der Waals surface area (Å²) in [6.07, 6.45) is 12.0. The molecule has 0 N–H and O–H groups in total. The van der Waals surface area contributed by atoms with Crippen LogP contribution in [-0.4, -0.2) is 0 Å². The summed E-state index contributed by atoms with van der Waals surface area (Å²) in [6.45, 7) is 5.70. The van der Waals surface area contributed by atoms with Gasteiger partial charge in [-0.05, 0) is 18.1 Å². The molecule has 0 saturated carbocycles. The van der Waals surface area contributed by atoms with Gasteiger partial charge >= 0.3 is 0 Å². The lowest BCUT2D eigenvalue weighted by Crippen LogP contribution is -1.72. The Hall–Kier alpha value is -1.82. The van der Waals surface area contributed by atoms with Gasteiger partial charge in [0, 0.05) is 0 Å². The first-order valence-electron chi connectivity index (χ1n) is 5.05. The summed E-state index contributed by atoms with van der Waals surface area (Å²) >= 11 is 0. The Balaban J connectivity index is 2.79. The van der Waals surface area contributed by atoms with Gasteiger partial charge in [-0.1, -0.05) is 73.4 Å². The molecule has 1 aromatic rings. The van der Waals surface area contributed by atoms with Crippen molar-refractivity contribution < 1.29 is 0 Å². The van der Waals surface area contributed by atoms with Gasteiger partial charge in [-0.25, -0.2) is 0 Å². The molecule has 0 aliphatic rings. The van der Waals surface area contributed by atoms with E-state index in [9.17, 15) is 0 Å². The minimum Gasteiger partial charge on any atom is -0.0990 e. The molecule has 0 heteroatoms. The van der Waals surface area contributed by atoms with Gasteiger partial charge < -0.3 is 0 Å². The third-order valence-corrected chi connectivity index (χ3v) is 1.94. The fraction of sp³-hybridized carbons (Fsp3) is 0.0667. The molecule has 0 bridgehead atoms. The Labute approximate surface area is 92.0 Å². The fourth-order valence-corrected chi connectivity index (χ4v) is 1.25. The van der Waals surface area contributed by atoms with Crippen LogP contribution in [0.25, 0.3) is 6.08 Å². The van der Waals surface area contributed by atoms with Crippen LogP contribution in [0.15, 0.2) is 72.9 Å². The van der Waals surface area contributed by atoms with Crippen molar-refractivity contribution in [2.24, 2.45) is 0 Å². The first kappa shape index (κ1) is 11.3. The van der Waals surface area contributed by atoms with Crippen molar-refractivity contribution in [1.29, 1.82) is 0 Å². The zero-order chi connectivity index (χ0) is 10.9. The second-order valence-corrected chi connectivity index (χ2v) is 3.15. The van der Waals surface area contributed by atoms with Gasteiger partial charge in [-0.15, -0.1) is 0 Å². The standard InChI is InChI=1S/C15H16/c1-3-8-14(9-4-2)12-13-15-10-6-5-7-11-15/h3-13H,1H2,2H3/b9-4-,13-12+,14-8+. The van der Waals surface area contributed by atoms with Crippen LogP contribution in [0.2, 0.25) is 0 Å². The van der Waals surface area contributed by atoms with Gasteiger partial charge in [0.15, 0.2) is 0 Å². The van der Waals surface area contributed by atoms with Crippen molar-refractivity contribution in [3.63, 3.8) is 0 Å². The van der Waals surface area contributed by atoms with E-state index in [1.807, 2.05) is 37.3 Å². The second kappa shape index (κ2) is 6.61. The fourth-order valence-electron chi connectivity index (χ4n) is 1.25. The molecule has 0 aliphatic carbocycles. The quantitative estimate of drug-likeness (QED) is 0.626. The smallest absolute Gasteiger partial charge is 0.0256 e. The van der Waals surface area contributed by atoms with Gasteiger partial charge in [0.25, 0.3) is 0 Å². The van der Waals surface area contributed by atoms with Crippen molar-refractivity contribution in [3.8, 4) is 0 Å². The molecule has 0 nitrogen and oxygen atoms in total. The van der Waals surface area contributed by atoms with Crippen molar-refractivity contribution in [1.82, 2.24) is 0 Å². The molecular formula is C15H16. The maximum absolute atomic E-state index is 3.69. The van der Waals surface area contributed by atoms with Crippen LogP contribution in [0.3, 0.4) is 0 Å². The lowest BCUT2D eigenvalue weighted by molar-refractivity contribution is 1.62. The van der Waals surface area contributed by atoms with Crippen LogP contribution >= 0.6 is 0 Å². The highest BCUT2D eigenvalue weighted by atomic mass is 13.9. The zero-order valence-electron chi connectivity index (χ0n) is 9.06. The highest BCUT2D eigenvalue weighted by molar-refractivity contribution is 5.54. The SMILES string of the molecule is C=C/C=C(\C=C/C)/C=C/c1ccccc1. The number of allylic oxidation sites excluding steroid dienone is 6. The molecule has 0 fully saturated rings. The summed E-state index contributed by atoms with van der Waals surface area (Å²) in [4.78, 5) is 0. The van der Waals surface area contributed by atoms with E-state index >= 15 is 0 Å². The lowest BCUT2D eigenvalue weighted by atomic mass is 10.1. The lowest BCUT2D eigenvalue weighted by Gasteiger charge is -1.93. The molecule has 1 aromatic carbocycles.